The van der Waals surface area contributed by atoms with Gasteiger partial charge < -0.3 is 9.67 Å². The quantitative estimate of drug-likeness (QED) is 0.836. The highest BCUT2D eigenvalue weighted by Gasteiger charge is 2.09. The Bertz CT molecular complexity index is 471. The second-order valence-corrected chi connectivity index (χ2v) is 4.24. The van der Waals surface area contributed by atoms with Crippen LogP contribution in [0, 0.1) is 0 Å². The average molecular weight is 215 g/mol. The fraction of sp³-hybridized carbons (Fsp3) is 0.286. The molecule has 1 N–H and O–H groups in total. The number of aliphatic hydroxyl groups is 1. The molecule has 1 aromatic heterocycles. The molecule has 2 nitrogen and oxygen atoms in total. The number of aromatic nitrogens is 1. The predicted molar refractivity (Wildman–Crippen MR) is 65.8 cm³/mol. The molecule has 1 aromatic carbocycles. The number of nitrogens with zero attached hydrogens (tertiary/aromatic N) is 1. The highest BCUT2D eigenvalue weighted by molar-refractivity contribution is 5.44. The van der Waals surface area contributed by atoms with Gasteiger partial charge >= 0.3 is 0 Å². The van der Waals surface area contributed by atoms with Crippen molar-refractivity contribution in [3.05, 3.63) is 53.9 Å². The van der Waals surface area contributed by atoms with Crippen LogP contribution >= 0.6 is 0 Å². The van der Waals surface area contributed by atoms with E-state index in [2.05, 4.69) is 36.6 Å². The molecule has 0 fully saturated rings. The van der Waals surface area contributed by atoms with Gasteiger partial charge in [-0.05, 0) is 29.7 Å². The standard InChI is InChI=1S/C14H17NO/c1-11(2)13-7-3-4-8-14(13)15-9-5-6-12(15)10-16/h3-9,11,16H,10H2,1-2H3. The molecule has 16 heavy (non-hydrogen) atoms. The van der Waals surface area contributed by atoms with Crippen LogP contribution < -0.4 is 0 Å². The second-order valence-electron chi connectivity index (χ2n) is 4.24. The molecule has 0 unspecified atom stereocenters. The van der Waals surface area contributed by atoms with Crippen LogP contribution in [-0.2, 0) is 6.61 Å². The van der Waals surface area contributed by atoms with E-state index in [4.69, 9.17) is 0 Å². The van der Waals surface area contributed by atoms with E-state index in [9.17, 15) is 5.11 Å². The van der Waals surface area contributed by atoms with Crippen molar-refractivity contribution in [1.82, 2.24) is 4.57 Å². The Labute approximate surface area is 96.2 Å². The lowest BCUT2D eigenvalue weighted by atomic mass is 10.0. The van der Waals surface area contributed by atoms with Gasteiger partial charge in [-0.1, -0.05) is 32.0 Å². The van der Waals surface area contributed by atoms with E-state index in [1.165, 1.54) is 5.56 Å². The Balaban J connectivity index is 2.55. The first-order chi connectivity index (χ1) is 7.74. The van der Waals surface area contributed by atoms with Gasteiger partial charge in [-0.2, -0.15) is 0 Å². The molecule has 0 amide bonds. The fourth-order valence-corrected chi connectivity index (χ4v) is 1.98. The van der Waals surface area contributed by atoms with Gasteiger partial charge in [0.05, 0.1) is 6.61 Å². The van der Waals surface area contributed by atoms with Crippen LogP contribution in [0.15, 0.2) is 42.6 Å². The highest BCUT2D eigenvalue weighted by Crippen LogP contribution is 2.24. The summed E-state index contributed by atoms with van der Waals surface area (Å²) in [6.45, 7) is 4.43. The van der Waals surface area contributed by atoms with Crippen molar-refractivity contribution in [2.45, 2.75) is 26.4 Å². The third-order valence-corrected chi connectivity index (χ3v) is 2.81. The maximum absolute atomic E-state index is 9.28. The number of aliphatic hydroxyl groups excluding tert-OH is 1. The van der Waals surface area contributed by atoms with Crippen molar-refractivity contribution < 1.29 is 5.11 Å². The molecule has 1 heterocycles. The zero-order chi connectivity index (χ0) is 11.5. The molecule has 0 aliphatic carbocycles. The van der Waals surface area contributed by atoms with Gasteiger partial charge in [-0.15, -0.1) is 0 Å². The van der Waals surface area contributed by atoms with Gasteiger partial charge in [0.25, 0.3) is 0 Å². The molecule has 2 aromatic rings. The zero-order valence-electron chi connectivity index (χ0n) is 9.72. The first-order valence-corrected chi connectivity index (χ1v) is 5.60. The van der Waals surface area contributed by atoms with E-state index in [-0.39, 0.29) is 6.61 Å². The minimum Gasteiger partial charge on any atom is -0.390 e. The summed E-state index contributed by atoms with van der Waals surface area (Å²) < 4.78 is 2.05. The minimum atomic E-state index is 0.0689. The molecule has 0 saturated carbocycles. The Morgan fingerprint density at radius 1 is 1.12 bits per heavy atom. The number of hydrogen-bond acceptors (Lipinski definition) is 1. The van der Waals surface area contributed by atoms with Crippen LogP contribution in [0.4, 0.5) is 0 Å². The fourth-order valence-electron chi connectivity index (χ4n) is 1.98. The van der Waals surface area contributed by atoms with Gasteiger partial charge in [0.1, 0.15) is 0 Å². The molecule has 0 saturated heterocycles. The van der Waals surface area contributed by atoms with Crippen LogP contribution in [0.1, 0.15) is 31.0 Å². The monoisotopic (exact) mass is 215 g/mol. The average Bonchev–Trinajstić information content (AvgIpc) is 2.76. The van der Waals surface area contributed by atoms with E-state index in [1.807, 2.05) is 24.4 Å². The number of hydrogen-bond donors (Lipinski definition) is 1. The lowest BCUT2D eigenvalue weighted by Crippen LogP contribution is -2.03. The first kappa shape index (κ1) is 11.0. The van der Waals surface area contributed by atoms with Crippen LogP contribution in [0.3, 0.4) is 0 Å². The third kappa shape index (κ3) is 1.89. The van der Waals surface area contributed by atoms with Crippen molar-refractivity contribution in [3.63, 3.8) is 0 Å². The molecule has 84 valence electrons. The Kier molecular flexibility index (Phi) is 3.11. The van der Waals surface area contributed by atoms with Gasteiger partial charge in [0.2, 0.25) is 0 Å². The lowest BCUT2D eigenvalue weighted by Gasteiger charge is -2.15. The van der Waals surface area contributed by atoms with Crippen LogP contribution in [0.2, 0.25) is 0 Å². The van der Waals surface area contributed by atoms with Crippen LogP contribution in [0.25, 0.3) is 5.69 Å². The summed E-state index contributed by atoms with van der Waals surface area (Å²) in [6.07, 6.45) is 1.99. The van der Waals surface area contributed by atoms with Crippen molar-refractivity contribution >= 4 is 0 Å². The molecule has 0 aliphatic rings. The van der Waals surface area contributed by atoms with E-state index < -0.39 is 0 Å². The summed E-state index contributed by atoms with van der Waals surface area (Å²) in [4.78, 5) is 0. The molecular formula is C14H17NO. The summed E-state index contributed by atoms with van der Waals surface area (Å²) in [5, 5.41) is 9.28. The molecular weight excluding hydrogens is 198 g/mol. The second kappa shape index (κ2) is 4.54. The summed E-state index contributed by atoms with van der Waals surface area (Å²) in [7, 11) is 0. The van der Waals surface area contributed by atoms with Crippen molar-refractivity contribution in [2.75, 3.05) is 0 Å². The minimum absolute atomic E-state index is 0.0689. The SMILES string of the molecule is CC(C)c1ccccc1-n1cccc1CO. The van der Waals surface area contributed by atoms with E-state index in [0.717, 1.165) is 11.4 Å². The van der Waals surface area contributed by atoms with Gasteiger partial charge in [-0.25, -0.2) is 0 Å². The van der Waals surface area contributed by atoms with Gasteiger partial charge in [-0.3, -0.25) is 0 Å². The summed E-state index contributed by atoms with van der Waals surface area (Å²) in [5.41, 5.74) is 3.38. The third-order valence-electron chi connectivity index (χ3n) is 2.81. The molecule has 0 spiro atoms. The summed E-state index contributed by atoms with van der Waals surface area (Å²) >= 11 is 0. The molecule has 0 radical (unpaired) electrons. The van der Waals surface area contributed by atoms with Crippen molar-refractivity contribution in [3.8, 4) is 5.69 Å². The number of benzene rings is 1. The molecule has 2 rings (SSSR count). The maximum Gasteiger partial charge on any atom is 0.0836 e. The molecule has 0 aliphatic heterocycles. The highest BCUT2D eigenvalue weighted by atomic mass is 16.3. The largest absolute Gasteiger partial charge is 0.390 e. The summed E-state index contributed by atoms with van der Waals surface area (Å²) in [6, 6.07) is 12.2. The summed E-state index contributed by atoms with van der Waals surface area (Å²) in [5.74, 6) is 0.477. The molecule has 2 heteroatoms. The van der Waals surface area contributed by atoms with Gasteiger partial charge in [0, 0.05) is 17.6 Å². The Morgan fingerprint density at radius 3 is 2.56 bits per heavy atom. The van der Waals surface area contributed by atoms with Crippen molar-refractivity contribution in [2.24, 2.45) is 0 Å². The number of rotatable bonds is 3. The molecule has 0 bridgehead atoms. The lowest BCUT2D eigenvalue weighted by molar-refractivity contribution is 0.274. The van der Waals surface area contributed by atoms with Crippen LogP contribution in [0.5, 0.6) is 0 Å². The maximum atomic E-state index is 9.28. The van der Waals surface area contributed by atoms with E-state index in [1.54, 1.807) is 0 Å². The predicted octanol–water partition coefficient (Wildman–Crippen LogP) is 3.09. The normalized spacial score (nSPS) is 11.0. The first-order valence-electron chi connectivity index (χ1n) is 5.60. The zero-order valence-corrected chi connectivity index (χ0v) is 9.72. The van der Waals surface area contributed by atoms with E-state index in [0.29, 0.717) is 5.92 Å². The van der Waals surface area contributed by atoms with Crippen LogP contribution in [-0.4, -0.2) is 9.67 Å². The Morgan fingerprint density at radius 2 is 1.88 bits per heavy atom. The number of para-hydroxylation sites is 1. The van der Waals surface area contributed by atoms with E-state index >= 15 is 0 Å². The van der Waals surface area contributed by atoms with Gasteiger partial charge in [0.15, 0.2) is 0 Å². The van der Waals surface area contributed by atoms with Crippen molar-refractivity contribution in [1.29, 1.82) is 0 Å². The Hall–Kier alpha value is -1.54. The molecule has 0 atom stereocenters. The smallest absolute Gasteiger partial charge is 0.0836 e. The topological polar surface area (TPSA) is 25.2 Å².